The maximum Gasteiger partial charge on any atom is 0.416 e. The molecule has 0 radical (unpaired) electrons. The topological polar surface area (TPSA) is 38.8 Å². The second-order valence-corrected chi connectivity index (χ2v) is 10.4. The van der Waals surface area contributed by atoms with Crippen LogP contribution in [0.3, 0.4) is 0 Å². The molecule has 0 N–H and O–H groups in total. The first kappa shape index (κ1) is 28.3. The highest BCUT2D eigenvalue weighted by Gasteiger charge is 2.43. The monoisotopic (exact) mass is 543 g/mol. The van der Waals surface area contributed by atoms with Crippen molar-refractivity contribution in [1.82, 2.24) is 4.90 Å². The van der Waals surface area contributed by atoms with Gasteiger partial charge in [-0.25, -0.2) is 0 Å². The predicted molar refractivity (Wildman–Crippen MR) is 129 cm³/mol. The van der Waals surface area contributed by atoms with Crippen molar-refractivity contribution in [3.63, 3.8) is 0 Å². The number of piperidine rings is 1. The molecular weight excluding hydrogens is 512 g/mol. The molecule has 1 spiro atoms. The Balaban J connectivity index is 1.49. The third kappa shape index (κ3) is 5.95. The van der Waals surface area contributed by atoms with Crippen LogP contribution in [0.4, 0.5) is 26.3 Å². The fraction of sp³-hybridized carbons (Fsp3) is 0.536. The number of fused-ring (bicyclic) bond motifs is 1. The third-order valence-corrected chi connectivity index (χ3v) is 7.84. The van der Waals surface area contributed by atoms with Crippen LogP contribution in [0, 0.1) is 5.92 Å². The van der Waals surface area contributed by atoms with E-state index in [0.717, 1.165) is 29.7 Å². The van der Waals surface area contributed by atoms with Crippen LogP contribution in [0.5, 0.6) is 5.75 Å². The molecule has 2 aliphatic heterocycles. The molecule has 1 saturated heterocycles. The van der Waals surface area contributed by atoms with E-state index in [4.69, 9.17) is 9.47 Å². The normalized spacial score (nSPS) is 19.4. The molecule has 2 unspecified atom stereocenters. The van der Waals surface area contributed by atoms with Gasteiger partial charge in [0.2, 0.25) is 0 Å². The SMILES string of the molecule is COC(=O)C(C)Cc1ccc2c(c1)OC1(CC2)CCN(C(C)c2cc(C(F)(F)F)ccc2C(F)(F)F)CC1. The lowest BCUT2D eigenvalue weighted by molar-refractivity contribution is -0.144. The fourth-order valence-corrected chi connectivity index (χ4v) is 5.52. The van der Waals surface area contributed by atoms with Gasteiger partial charge in [-0.3, -0.25) is 9.69 Å². The summed E-state index contributed by atoms with van der Waals surface area (Å²) in [6.45, 7) is 4.10. The third-order valence-electron chi connectivity index (χ3n) is 7.84. The Labute approximate surface area is 217 Å². The number of halogens is 6. The van der Waals surface area contributed by atoms with Gasteiger partial charge in [0.1, 0.15) is 11.4 Å². The van der Waals surface area contributed by atoms with Crippen molar-refractivity contribution in [2.45, 2.75) is 69.9 Å². The van der Waals surface area contributed by atoms with Crippen LogP contribution >= 0.6 is 0 Å². The molecule has 38 heavy (non-hydrogen) atoms. The summed E-state index contributed by atoms with van der Waals surface area (Å²) in [5.74, 6) is 0.137. The first-order chi connectivity index (χ1) is 17.7. The van der Waals surface area contributed by atoms with E-state index in [-0.39, 0.29) is 17.5 Å². The van der Waals surface area contributed by atoms with Crippen LogP contribution in [0.25, 0.3) is 0 Å². The molecule has 0 bridgehead atoms. The molecule has 0 saturated carbocycles. The molecule has 0 aliphatic carbocycles. The minimum atomic E-state index is -4.76. The van der Waals surface area contributed by atoms with E-state index in [1.54, 1.807) is 11.8 Å². The Morgan fingerprint density at radius 3 is 2.29 bits per heavy atom. The zero-order chi connectivity index (χ0) is 27.9. The number of benzene rings is 2. The van der Waals surface area contributed by atoms with Crippen LogP contribution in [-0.2, 0) is 34.7 Å². The zero-order valence-corrected chi connectivity index (χ0v) is 21.5. The van der Waals surface area contributed by atoms with E-state index in [1.807, 2.05) is 18.2 Å². The maximum atomic E-state index is 13.7. The number of aryl methyl sites for hydroxylation is 1. The van der Waals surface area contributed by atoms with Crippen LogP contribution < -0.4 is 4.74 Å². The van der Waals surface area contributed by atoms with Gasteiger partial charge in [-0.05, 0) is 80.0 Å². The lowest BCUT2D eigenvalue weighted by atomic mass is 9.82. The number of esters is 1. The van der Waals surface area contributed by atoms with Crippen molar-refractivity contribution >= 4 is 5.97 Å². The number of rotatable bonds is 5. The van der Waals surface area contributed by atoms with E-state index in [0.29, 0.717) is 50.6 Å². The van der Waals surface area contributed by atoms with Gasteiger partial charge in [0.15, 0.2) is 0 Å². The molecule has 2 aliphatic rings. The molecule has 1 fully saturated rings. The molecule has 0 aromatic heterocycles. The Kier molecular flexibility index (Phi) is 7.76. The van der Waals surface area contributed by atoms with Gasteiger partial charge in [-0.1, -0.05) is 19.1 Å². The summed E-state index contributed by atoms with van der Waals surface area (Å²) in [7, 11) is 1.35. The molecule has 208 valence electrons. The van der Waals surface area contributed by atoms with Gasteiger partial charge in [0, 0.05) is 19.1 Å². The van der Waals surface area contributed by atoms with Gasteiger partial charge in [0.05, 0.1) is 24.2 Å². The lowest BCUT2D eigenvalue weighted by Crippen LogP contribution is -2.50. The number of hydrogen-bond donors (Lipinski definition) is 0. The standard InChI is InChI=1S/C28H31F6NO3/c1-17(25(36)37-3)14-19-4-5-20-8-9-26(38-24(20)15-19)10-12-35(13-11-26)18(2)22-16-21(27(29,30)31)6-7-23(22)28(32,33)34/h4-7,15-18H,8-14H2,1-3H3. The molecule has 2 aromatic carbocycles. The summed E-state index contributed by atoms with van der Waals surface area (Å²) in [6.07, 6.45) is -6.38. The number of likely N-dealkylation sites (tertiary alicyclic amines) is 1. The first-order valence-corrected chi connectivity index (χ1v) is 12.6. The minimum Gasteiger partial charge on any atom is -0.487 e. The largest absolute Gasteiger partial charge is 0.487 e. The highest BCUT2D eigenvalue weighted by molar-refractivity contribution is 5.72. The van der Waals surface area contributed by atoms with E-state index >= 15 is 0 Å². The van der Waals surface area contributed by atoms with Crippen LogP contribution in [0.15, 0.2) is 36.4 Å². The minimum absolute atomic E-state index is 0.295. The lowest BCUT2D eigenvalue weighted by Gasteiger charge is -2.46. The van der Waals surface area contributed by atoms with Gasteiger partial charge in [0.25, 0.3) is 0 Å². The number of ether oxygens (including phenoxy) is 2. The van der Waals surface area contributed by atoms with Crippen molar-refractivity contribution in [2.24, 2.45) is 5.92 Å². The van der Waals surface area contributed by atoms with E-state index in [9.17, 15) is 31.1 Å². The Morgan fingerprint density at radius 1 is 1.00 bits per heavy atom. The Bertz CT molecular complexity index is 1170. The molecule has 2 heterocycles. The van der Waals surface area contributed by atoms with Gasteiger partial charge in [-0.2, -0.15) is 26.3 Å². The Hall–Kier alpha value is -2.75. The molecule has 2 aromatic rings. The molecule has 2 atom stereocenters. The zero-order valence-electron chi connectivity index (χ0n) is 21.5. The highest BCUT2D eigenvalue weighted by atomic mass is 19.4. The highest BCUT2D eigenvalue weighted by Crippen LogP contribution is 2.44. The van der Waals surface area contributed by atoms with E-state index in [1.165, 1.54) is 14.0 Å². The second kappa shape index (κ2) is 10.4. The number of alkyl halides is 6. The quantitative estimate of drug-likeness (QED) is 0.301. The maximum absolute atomic E-state index is 13.7. The summed E-state index contributed by atoms with van der Waals surface area (Å²) in [5, 5.41) is 0. The molecular formula is C28H31F6NO3. The number of carbonyl (C=O) groups is 1. The Morgan fingerprint density at radius 2 is 1.68 bits per heavy atom. The summed E-state index contributed by atoms with van der Waals surface area (Å²) >= 11 is 0. The summed E-state index contributed by atoms with van der Waals surface area (Å²) in [5.41, 5.74) is -1.01. The van der Waals surface area contributed by atoms with Crippen molar-refractivity contribution < 1.29 is 40.6 Å². The van der Waals surface area contributed by atoms with Gasteiger partial charge >= 0.3 is 18.3 Å². The average molecular weight is 544 g/mol. The van der Waals surface area contributed by atoms with Crippen LogP contribution in [0.1, 0.15) is 67.0 Å². The van der Waals surface area contributed by atoms with Crippen LogP contribution in [-0.4, -0.2) is 36.7 Å². The van der Waals surface area contributed by atoms with Crippen LogP contribution in [0.2, 0.25) is 0 Å². The average Bonchev–Trinajstić information content (AvgIpc) is 2.86. The predicted octanol–water partition coefficient (Wildman–Crippen LogP) is 7.00. The van der Waals surface area contributed by atoms with Crippen molar-refractivity contribution in [3.8, 4) is 5.75 Å². The number of nitrogens with zero attached hydrogens (tertiary/aromatic N) is 1. The number of hydrogen-bond acceptors (Lipinski definition) is 4. The van der Waals surface area contributed by atoms with Crippen molar-refractivity contribution in [2.75, 3.05) is 20.2 Å². The molecule has 0 amide bonds. The summed E-state index contributed by atoms with van der Waals surface area (Å²) in [4.78, 5) is 13.6. The smallest absolute Gasteiger partial charge is 0.416 e. The van der Waals surface area contributed by atoms with Gasteiger partial charge < -0.3 is 9.47 Å². The fourth-order valence-electron chi connectivity index (χ4n) is 5.52. The number of carbonyl (C=O) groups excluding carboxylic acids is 1. The summed E-state index contributed by atoms with van der Waals surface area (Å²) in [6, 6.07) is 6.68. The number of methoxy groups -OCH3 is 1. The second-order valence-electron chi connectivity index (χ2n) is 10.4. The summed E-state index contributed by atoms with van der Waals surface area (Å²) < 4.78 is 92.1. The molecule has 10 heteroatoms. The van der Waals surface area contributed by atoms with E-state index < -0.39 is 35.1 Å². The van der Waals surface area contributed by atoms with Crippen molar-refractivity contribution in [1.29, 1.82) is 0 Å². The van der Waals surface area contributed by atoms with Crippen molar-refractivity contribution in [3.05, 3.63) is 64.2 Å². The molecule has 4 rings (SSSR count). The molecule has 4 nitrogen and oxygen atoms in total. The first-order valence-electron chi connectivity index (χ1n) is 12.6. The van der Waals surface area contributed by atoms with Gasteiger partial charge in [-0.15, -0.1) is 0 Å². The van der Waals surface area contributed by atoms with E-state index in [2.05, 4.69) is 0 Å².